The summed E-state index contributed by atoms with van der Waals surface area (Å²) in [7, 11) is -3.91. The number of fused-ring (bicyclic) bond motifs is 1. The van der Waals surface area contributed by atoms with Gasteiger partial charge < -0.3 is 0 Å². The molecule has 3 aromatic rings. The van der Waals surface area contributed by atoms with Gasteiger partial charge in [-0.3, -0.25) is 15.0 Å². The molecule has 1 saturated heterocycles. The number of nitrogens with one attached hydrogen (secondary N) is 1. The zero-order valence-electron chi connectivity index (χ0n) is 17.4. The average molecular weight is 455 g/mol. The van der Waals surface area contributed by atoms with E-state index in [-0.39, 0.29) is 16.6 Å². The van der Waals surface area contributed by atoms with Crippen molar-refractivity contribution in [3.63, 3.8) is 0 Å². The largest absolute Gasteiger partial charge is 0.297 e. The molecule has 0 radical (unpaired) electrons. The standard InChI is InChI=1S/C21H22N6O4S/c1-15-4-5-19(27(28)29)10-21(15)32(30,31)24-18-3-2-7-25(14-18)13-17-12-23-26-8-6-16(11-22)9-20(17)26/h4-6,8-10,12,18,24H,2-3,7,13-14H2,1H3/t18-/m0/s1. The molecule has 166 valence electrons. The van der Waals surface area contributed by atoms with E-state index in [9.17, 15) is 18.5 Å². The molecule has 1 aliphatic rings. The number of nitriles is 1. The fourth-order valence-electron chi connectivity index (χ4n) is 4.03. The first-order valence-electron chi connectivity index (χ1n) is 10.1. The predicted octanol–water partition coefficient (Wildman–Crippen LogP) is 2.37. The summed E-state index contributed by atoms with van der Waals surface area (Å²) in [6, 6.07) is 9.15. The third-order valence-corrected chi connectivity index (χ3v) is 7.29. The zero-order valence-corrected chi connectivity index (χ0v) is 18.2. The SMILES string of the molecule is Cc1ccc([N+](=O)[O-])cc1S(=O)(=O)N[C@H]1CCCN(Cc2cnn3ccc(C#N)cc23)C1. The number of non-ortho nitro benzene ring substituents is 1. The van der Waals surface area contributed by atoms with Crippen molar-refractivity contribution in [3.8, 4) is 6.07 Å². The molecule has 1 aliphatic heterocycles. The maximum atomic E-state index is 13.0. The third kappa shape index (κ3) is 4.47. The Morgan fingerprint density at radius 3 is 2.91 bits per heavy atom. The van der Waals surface area contributed by atoms with Crippen LogP contribution in [0.3, 0.4) is 0 Å². The fraction of sp³-hybridized carbons (Fsp3) is 0.333. The number of likely N-dealkylation sites (tertiary alicyclic amines) is 1. The smallest absolute Gasteiger partial charge is 0.270 e. The molecule has 1 atom stereocenters. The number of benzene rings is 1. The van der Waals surface area contributed by atoms with Gasteiger partial charge in [-0.15, -0.1) is 0 Å². The van der Waals surface area contributed by atoms with Gasteiger partial charge in [0.25, 0.3) is 5.69 Å². The highest BCUT2D eigenvalue weighted by molar-refractivity contribution is 7.89. The molecule has 0 bridgehead atoms. The number of piperidine rings is 1. The summed E-state index contributed by atoms with van der Waals surface area (Å²) in [4.78, 5) is 12.5. The van der Waals surface area contributed by atoms with Gasteiger partial charge in [0.15, 0.2) is 0 Å². The van der Waals surface area contributed by atoms with Gasteiger partial charge >= 0.3 is 0 Å². The Hall–Kier alpha value is -3.33. The van der Waals surface area contributed by atoms with Gasteiger partial charge in [-0.1, -0.05) is 6.07 Å². The predicted molar refractivity (Wildman–Crippen MR) is 116 cm³/mol. The number of nitro benzene ring substituents is 1. The lowest BCUT2D eigenvalue weighted by Crippen LogP contribution is -2.47. The molecule has 0 aliphatic carbocycles. The van der Waals surface area contributed by atoms with Gasteiger partial charge in [-0.05, 0) is 44.0 Å². The number of rotatable bonds is 6. The molecule has 0 unspecified atom stereocenters. The summed E-state index contributed by atoms with van der Waals surface area (Å²) in [5, 5.41) is 24.6. The Balaban J connectivity index is 1.50. The van der Waals surface area contributed by atoms with Crippen LogP contribution in [-0.2, 0) is 16.6 Å². The number of hydrogen-bond donors (Lipinski definition) is 1. The van der Waals surface area contributed by atoms with Crippen molar-refractivity contribution in [3.05, 3.63) is 69.5 Å². The van der Waals surface area contributed by atoms with E-state index in [1.54, 1.807) is 36.0 Å². The molecule has 10 nitrogen and oxygen atoms in total. The lowest BCUT2D eigenvalue weighted by atomic mass is 10.1. The Kier molecular flexibility index (Phi) is 5.92. The summed E-state index contributed by atoms with van der Waals surface area (Å²) in [5.74, 6) is 0. The Bertz CT molecular complexity index is 1330. The maximum Gasteiger partial charge on any atom is 0.270 e. The normalized spacial score (nSPS) is 17.3. The van der Waals surface area contributed by atoms with Gasteiger partial charge in [0.05, 0.1) is 33.2 Å². The quantitative estimate of drug-likeness (QED) is 0.446. The van der Waals surface area contributed by atoms with Crippen molar-refractivity contribution in [2.75, 3.05) is 13.1 Å². The molecular formula is C21H22N6O4S. The van der Waals surface area contributed by atoms with Crippen LogP contribution in [-0.4, -0.2) is 47.0 Å². The van der Waals surface area contributed by atoms with Crippen LogP contribution < -0.4 is 4.72 Å². The molecule has 2 aromatic heterocycles. The summed E-state index contributed by atoms with van der Waals surface area (Å²) in [5.41, 5.74) is 2.55. The van der Waals surface area contributed by atoms with Crippen molar-refractivity contribution >= 4 is 21.2 Å². The van der Waals surface area contributed by atoms with Crippen molar-refractivity contribution < 1.29 is 13.3 Å². The summed E-state index contributed by atoms with van der Waals surface area (Å²) >= 11 is 0. The second kappa shape index (κ2) is 8.66. The number of sulfonamides is 1. The number of nitrogens with zero attached hydrogens (tertiary/aromatic N) is 5. The molecule has 0 spiro atoms. The van der Waals surface area contributed by atoms with E-state index >= 15 is 0 Å². The first-order chi connectivity index (χ1) is 15.3. The van der Waals surface area contributed by atoms with Crippen LogP contribution in [0.5, 0.6) is 0 Å². The molecule has 32 heavy (non-hydrogen) atoms. The molecular weight excluding hydrogens is 432 g/mol. The minimum absolute atomic E-state index is 0.0736. The van der Waals surface area contributed by atoms with E-state index in [1.165, 1.54) is 12.1 Å². The number of aryl methyl sites for hydroxylation is 1. The molecule has 4 rings (SSSR count). The van der Waals surface area contributed by atoms with Crippen LogP contribution in [0, 0.1) is 28.4 Å². The van der Waals surface area contributed by atoms with Crippen LogP contribution in [0.2, 0.25) is 0 Å². The lowest BCUT2D eigenvalue weighted by molar-refractivity contribution is -0.385. The number of pyridine rings is 1. The van der Waals surface area contributed by atoms with Crippen LogP contribution in [0.15, 0.2) is 47.6 Å². The van der Waals surface area contributed by atoms with Crippen LogP contribution in [0.1, 0.15) is 29.5 Å². The minimum atomic E-state index is -3.91. The first-order valence-corrected chi connectivity index (χ1v) is 11.6. The second-order valence-corrected chi connectivity index (χ2v) is 9.61. The topological polar surface area (TPSA) is 134 Å². The van der Waals surface area contributed by atoms with E-state index in [1.807, 2.05) is 0 Å². The van der Waals surface area contributed by atoms with Gasteiger partial charge in [0.2, 0.25) is 10.0 Å². The fourth-order valence-corrected chi connectivity index (χ4v) is 5.56. The zero-order chi connectivity index (χ0) is 22.9. The molecule has 1 aromatic carbocycles. The van der Waals surface area contributed by atoms with Crippen LogP contribution >= 0.6 is 0 Å². The van der Waals surface area contributed by atoms with Gasteiger partial charge in [-0.25, -0.2) is 17.7 Å². The van der Waals surface area contributed by atoms with E-state index in [0.717, 1.165) is 30.1 Å². The van der Waals surface area contributed by atoms with Crippen molar-refractivity contribution in [2.45, 2.75) is 37.2 Å². The third-order valence-electron chi connectivity index (χ3n) is 5.62. The summed E-state index contributed by atoms with van der Waals surface area (Å²) in [6.45, 7) is 3.50. The Morgan fingerprint density at radius 1 is 1.34 bits per heavy atom. The monoisotopic (exact) mass is 454 g/mol. The lowest BCUT2D eigenvalue weighted by Gasteiger charge is -2.32. The Morgan fingerprint density at radius 2 is 2.16 bits per heavy atom. The molecule has 0 saturated carbocycles. The van der Waals surface area contributed by atoms with Crippen molar-refractivity contribution in [1.82, 2.24) is 19.2 Å². The highest BCUT2D eigenvalue weighted by Gasteiger charge is 2.28. The second-order valence-electron chi connectivity index (χ2n) is 7.93. The van der Waals surface area contributed by atoms with E-state index in [0.29, 0.717) is 30.6 Å². The minimum Gasteiger partial charge on any atom is -0.297 e. The molecule has 1 fully saturated rings. The van der Waals surface area contributed by atoms with Crippen LogP contribution in [0.25, 0.3) is 5.52 Å². The highest BCUT2D eigenvalue weighted by Crippen LogP contribution is 2.24. The summed E-state index contributed by atoms with van der Waals surface area (Å²) < 4.78 is 30.4. The maximum absolute atomic E-state index is 13.0. The molecule has 3 heterocycles. The van der Waals surface area contributed by atoms with Gasteiger partial charge in [0, 0.05) is 43.0 Å². The van der Waals surface area contributed by atoms with Crippen LogP contribution in [0.4, 0.5) is 5.69 Å². The highest BCUT2D eigenvalue weighted by atomic mass is 32.2. The average Bonchev–Trinajstić information content (AvgIpc) is 3.15. The molecule has 1 N–H and O–H groups in total. The van der Waals surface area contributed by atoms with E-state index < -0.39 is 14.9 Å². The molecule has 0 amide bonds. The number of hydrogen-bond acceptors (Lipinski definition) is 7. The summed E-state index contributed by atoms with van der Waals surface area (Å²) in [6.07, 6.45) is 4.99. The van der Waals surface area contributed by atoms with Crippen molar-refractivity contribution in [2.24, 2.45) is 0 Å². The molecule has 11 heteroatoms. The number of aromatic nitrogens is 2. The van der Waals surface area contributed by atoms with Gasteiger partial charge in [0.1, 0.15) is 0 Å². The van der Waals surface area contributed by atoms with E-state index in [4.69, 9.17) is 5.26 Å². The first kappa shape index (κ1) is 21.9. The van der Waals surface area contributed by atoms with E-state index in [2.05, 4.69) is 20.8 Å². The van der Waals surface area contributed by atoms with Crippen molar-refractivity contribution in [1.29, 1.82) is 5.26 Å². The van der Waals surface area contributed by atoms with Gasteiger partial charge in [-0.2, -0.15) is 10.4 Å². The number of nitro groups is 1. The Labute approximate surface area is 185 Å².